The first kappa shape index (κ1) is 16.1. The van der Waals surface area contributed by atoms with Crippen molar-refractivity contribution in [1.82, 2.24) is 0 Å². The third-order valence-corrected chi connectivity index (χ3v) is 6.08. The highest BCUT2D eigenvalue weighted by atomic mass is 16.6. The molecule has 0 aromatic carbocycles. The number of hydrogen-bond acceptors (Lipinski definition) is 2. The predicted octanol–water partition coefficient (Wildman–Crippen LogP) is 5.76. The van der Waals surface area contributed by atoms with Crippen molar-refractivity contribution >= 4 is 5.97 Å². The van der Waals surface area contributed by atoms with E-state index in [1.807, 2.05) is 0 Å². The summed E-state index contributed by atoms with van der Waals surface area (Å²) in [4.78, 5) is 11.7. The molecule has 1 unspecified atom stereocenters. The van der Waals surface area contributed by atoms with Gasteiger partial charge in [-0.25, -0.2) is 0 Å². The second kappa shape index (κ2) is 8.17. The number of carbonyl (C=O) groups excluding carboxylic acids is 1. The summed E-state index contributed by atoms with van der Waals surface area (Å²) in [5.41, 5.74) is 0. The van der Waals surface area contributed by atoms with Crippen LogP contribution in [0.2, 0.25) is 0 Å². The number of allylic oxidation sites excluding steroid dienone is 1. The molecule has 0 spiro atoms. The molecule has 3 fully saturated rings. The van der Waals surface area contributed by atoms with Crippen molar-refractivity contribution in [3.8, 4) is 0 Å². The van der Waals surface area contributed by atoms with Gasteiger partial charge in [0, 0.05) is 0 Å². The highest BCUT2D eigenvalue weighted by Crippen LogP contribution is 2.36. The van der Waals surface area contributed by atoms with E-state index in [0.29, 0.717) is 0 Å². The number of carbonyl (C=O) groups is 1. The van der Waals surface area contributed by atoms with Gasteiger partial charge < -0.3 is 4.74 Å². The standard InChI is InChI=1S/C20H32O2/c21-20-18(15-14-17-10-5-2-6-11-17)19(22-20)13-7-12-16-8-3-1-4-9-16/h13,16-18H,1-12,14-15H2. The van der Waals surface area contributed by atoms with E-state index in [1.54, 1.807) is 0 Å². The Morgan fingerprint density at radius 2 is 1.41 bits per heavy atom. The Morgan fingerprint density at radius 1 is 0.818 bits per heavy atom. The maximum absolute atomic E-state index is 11.7. The minimum Gasteiger partial charge on any atom is -0.430 e. The zero-order valence-electron chi connectivity index (χ0n) is 14.0. The van der Waals surface area contributed by atoms with Gasteiger partial charge in [-0.3, -0.25) is 4.79 Å². The zero-order valence-corrected chi connectivity index (χ0v) is 14.0. The van der Waals surface area contributed by atoms with Gasteiger partial charge in [-0.15, -0.1) is 0 Å². The molecular formula is C20H32O2. The highest BCUT2D eigenvalue weighted by Gasteiger charge is 2.37. The molecule has 1 aliphatic heterocycles. The van der Waals surface area contributed by atoms with Crippen LogP contribution >= 0.6 is 0 Å². The summed E-state index contributed by atoms with van der Waals surface area (Å²) < 4.78 is 5.30. The Balaban J connectivity index is 1.38. The predicted molar refractivity (Wildman–Crippen MR) is 89.3 cm³/mol. The van der Waals surface area contributed by atoms with Gasteiger partial charge in [-0.1, -0.05) is 64.2 Å². The van der Waals surface area contributed by atoms with Gasteiger partial charge in [0.1, 0.15) is 11.7 Å². The second-order valence-electron chi connectivity index (χ2n) is 7.74. The fraction of sp³-hybridized carbons (Fsp3) is 0.850. The quantitative estimate of drug-likeness (QED) is 0.583. The normalized spacial score (nSPS) is 29.4. The topological polar surface area (TPSA) is 26.3 Å². The summed E-state index contributed by atoms with van der Waals surface area (Å²) in [6.07, 6.45) is 20.9. The zero-order chi connectivity index (χ0) is 15.2. The minimum absolute atomic E-state index is 0.0275. The first-order chi connectivity index (χ1) is 10.8. The first-order valence-corrected chi connectivity index (χ1v) is 9.74. The van der Waals surface area contributed by atoms with Gasteiger partial charge in [0.15, 0.2) is 0 Å². The molecule has 2 heteroatoms. The summed E-state index contributed by atoms with van der Waals surface area (Å²) in [6, 6.07) is 0. The number of esters is 1. The Hall–Kier alpha value is -0.790. The van der Waals surface area contributed by atoms with Gasteiger partial charge in [0.2, 0.25) is 0 Å². The van der Waals surface area contributed by atoms with Crippen LogP contribution in [-0.4, -0.2) is 5.97 Å². The largest absolute Gasteiger partial charge is 0.430 e. The highest BCUT2D eigenvalue weighted by molar-refractivity contribution is 5.82. The van der Waals surface area contributed by atoms with Crippen molar-refractivity contribution in [3.63, 3.8) is 0 Å². The van der Waals surface area contributed by atoms with E-state index >= 15 is 0 Å². The number of ether oxygens (including phenoxy) is 1. The Labute approximate surface area is 135 Å². The molecule has 0 aromatic rings. The van der Waals surface area contributed by atoms with E-state index in [4.69, 9.17) is 4.74 Å². The van der Waals surface area contributed by atoms with Crippen LogP contribution in [0.15, 0.2) is 11.8 Å². The van der Waals surface area contributed by atoms with Gasteiger partial charge in [-0.2, -0.15) is 0 Å². The smallest absolute Gasteiger partial charge is 0.321 e. The van der Waals surface area contributed by atoms with Crippen LogP contribution in [-0.2, 0) is 9.53 Å². The summed E-state index contributed by atoms with van der Waals surface area (Å²) in [6.45, 7) is 0. The fourth-order valence-electron chi connectivity index (χ4n) is 4.58. The molecule has 0 radical (unpaired) electrons. The molecule has 2 saturated carbocycles. The van der Waals surface area contributed by atoms with Crippen molar-refractivity contribution < 1.29 is 9.53 Å². The molecule has 0 aromatic heterocycles. The van der Waals surface area contributed by atoms with Crippen molar-refractivity contribution in [2.75, 3.05) is 0 Å². The maximum Gasteiger partial charge on any atom is 0.321 e. The van der Waals surface area contributed by atoms with Crippen LogP contribution in [0.1, 0.15) is 89.9 Å². The SMILES string of the molecule is O=C1OC(=CCCC2CCCCC2)C1CCC1CCCCC1. The van der Waals surface area contributed by atoms with Crippen LogP contribution in [0.4, 0.5) is 0 Å². The molecule has 2 nitrogen and oxygen atoms in total. The molecule has 1 saturated heterocycles. The van der Waals surface area contributed by atoms with E-state index in [2.05, 4.69) is 6.08 Å². The van der Waals surface area contributed by atoms with E-state index < -0.39 is 0 Å². The van der Waals surface area contributed by atoms with Crippen LogP contribution in [0.25, 0.3) is 0 Å². The van der Waals surface area contributed by atoms with Gasteiger partial charge in [-0.05, 0) is 43.6 Å². The number of hydrogen-bond donors (Lipinski definition) is 0. The Kier molecular flexibility index (Phi) is 5.97. The van der Waals surface area contributed by atoms with Crippen molar-refractivity contribution in [3.05, 3.63) is 11.8 Å². The molecule has 22 heavy (non-hydrogen) atoms. The van der Waals surface area contributed by atoms with Crippen LogP contribution in [0.3, 0.4) is 0 Å². The fourth-order valence-corrected chi connectivity index (χ4v) is 4.58. The molecule has 0 amide bonds. The Bertz CT molecular complexity index is 387. The molecule has 0 bridgehead atoms. The monoisotopic (exact) mass is 304 g/mol. The third-order valence-electron chi connectivity index (χ3n) is 6.08. The van der Waals surface area contributed by atoms with E-state index in [-0.39, 0.29) is 11.9 Å². The third kappa shape index (κ3) is 4.36. The van der Waals surface area contributed by atoms with E-state index in [9.17, 15) is 4.79 Å². The summed E-state index contributed by atoms with van der Waals surface area (Å²) in [7, 11) is 0. The molecule has 124 valence electrons. The van der Waals surface area contributed by atoms with Crippen molar-refractivity contribution in [2.45, 2.75) is 89.9 Å². The molecule has 2 aliphatic carbocycles. The molecule has 1 heterocycles. The molecule has 1 atom stereocenters. The maximum atomic E-state index is 11.7. The number of cyclic esters (lactones) is 1. The summed E-state index contributed by atoms with van der Waals surface area (Å²) in [5.74, 6) is 2.91. The lowest BCUT2D eigenvalue weighted by Gasteiger charge is -2.30. The number of rotatable bonds is 6. The van der Waals surface area contributed by atoms with Gasteiger partial charge in [0.05, 0.1) is 0 Å². The van der Waals surface area contributed by atoms with Crippen LogP contribution in [0.5, 0.6) is 0 Å². The second-order valence-corrected chi connectivity index (χ2v) is 7.74. The first-order valence-electron chi connectivity index (χ1n) is 9.74. The lowest BCUT2D eigenvalue weighted by molar-refractivity contribution is -0.157. The summed E-state index contributed by atoms with van der Waals surface area (Å²) in [5, 5.41) is 0. The lowest BCUT2D eigenvalue weighted by Crippen LogP contribution is -2.33. The van der Waals surface area contributed by atoms with Crippen LogP contribution < -0.4 is 0 Å². The lowest BCUT2D eigenvalue weighted by atomic mass is 9.82. The minimum atomic E-state index is 0.0275. The Morgan fingerprint density at radius 3 is 2.00 bits per heavy atom. The molecule has 3 rings (SSSR count). The molecular weight excluding hydrogens is 272 g/mol. The van der Waals surface area contributed by atoms with E-state index in [0.717, 1.165) is 30.4 Å². The molecule has 3 aliphatic rings. The van der Waals surface area contributed by atoms with Gasteiger partial charge in [0.25, 0.3) is 0 Å². The average molecular weight is 304 g/mol. The average Bonchev–Trinajstić information content (AvgIpc) is 2.56. The van der Waals surface area contributed by atoms with Crippen molar-refractivity contribution in [2.24, 2.45) is 17.8 Å². The molecule has 0 N–H and O–H groups in total. The van der Waals surface area contributed by atoms with Gasteiger partial charge >= 0.3 is 5.97 Å². The summed E-state index contributed by atoms with van der Waals surface area (Å²) >= 11 is 0. The van der Waals surface area contributed by atoms with Crippen LogP contribution in [0, 0.1) is 17.8 Å². The van der Waals surface area contributed by atoms with Crippen molar-refractivity contribution in [1.29, 1.82) is 0 Å². The van der Waals surface area contributed by atoms with E-state index in [1.165, 1.54) is 77.0 Å².